The van der Waals surface area contributed by atoms with Gasteiger partial charge in [-0.1, -0.05) is 18.6 Å². The van der Waals surface area contributed by atoms with Crippen LogP contribution in [0.3, 0.4) is 0 Å². The number of piperidine rings is 1. The van der Waals surface area contributed by atoms with E-state index < -0.39 is 0 Å². The fraction of sp³-hybridized carbons (Fsp3) is 0.381. The molecule has 3 heterocycles. The molecule has 1 fully saturated rings. The predicted molar refractivity (Wildman–Crippen MR) is 97.1 cm³/mol. The summed E-state index contributed by atoms with van der Waals surface area (Å²) in [7, 11) is 0. The molecule has 0 saturated carbocycles. The molecule has 0 radical (unpaired) electrons. The molecule has 0 amide bonds. The Balaban J connectivity index is 1.58. The van der Waals surface area contributed by atoms with Crippen LogP contribution >= 0.6 is 0 Å². The van der Waals surface area contributed by atoms with E-state index in [2.05, 4.69) is 9.88 Å². The Labute approximate surface area is 152 Å². The smallest absolute Gasteiger partial charge is 0.263 e. The van der Waals surface area contributed by atoms with Crippen molar-refractivity contribution in [2.75, 3.05) is 6.54 Å². The fourth-order valence-electron chi connectivity index (χ4n) is 3.69. The largest absolute Gasteiger partial charge is 0.456 e. The van der Waals surface area contributed by atoms with Crippen molar-refractivity contribution in [2.24, 2.45) is 0 Å². The number of likely N-dealkylation sites (tertiary alicyclic amines) is 1. The van der Waals surface area contributed by atoms with E-state index in [0.717, 1.165) is 48.6 Å². The summed E-state index contributed by atoms with van der Waals surface area (Å²) in [6.45, 7) is 5.50. The molecule has 1 aliphatic heterocycles. The maximum absolute atomic E-state index is 13.7. The van der Waals surface area contributed by atoms with Gasteiger partial charge in [-0.2, -0.15) is 0 Å². The summed E-state index contributed by atoms with van der Waals surface area (Å²) in [5.74, 6) is 2.63. The van der Waals surface area contributed by atoms with Crippen LogP contribution in [-0.2, 0) is 6.54 Å². The molecule has 4 rings (SSSR count). The van der Waals surface area contributed by atoms with E-state index in [1.807, 2.05) is 32.0 Å². The topological polar surface area (TPSA) is 42.4 Å². The van der Waals surface area contributed by atoms with Crippen LogP contribution in [0.15, 0.2) is 45.2 Å². The van der Waals surface area contributed by atoms with Crippen LogP contribution < -0.4 is 0 Å². The number of rotatable bonds is 4. The minimum atomic E-state index is -0.180. The van der Waals surface area contributed by atoms with Gasteiger partial charge in [0.1, 0.15) is 17.3 Å². The molecule has 0 unspecified atom stereocenters. The minimum absolute atomic E-state index is 0.180. The number of furan rings is 1. The molecule has 4 nitrogen and oxygen atoms in total. The van der Waals surface area contributed by atoms with E-state index in [4.69, 9.17) is 8.83 Å². The van der Waals surface area contributed by atoms with Gasteiger partial charge in [0.05, 0.1) is 5.69 Å². The van der Waals surface area contributed by atoms with E-state index in [1.54, 1.807) is 12.1 Å². The third kappa shape index (κ3) is 3.44. The summed E-state index contributed by atoms with van der Waals surface area (Å²) >= 11 is 0. The number of aryl methyl sites for hydroxylation is 2. The molecule has 2 aromatic heterocycles. The second-order valence-electron chi connectivity index (χ2n) is 6.97. The number of hydrogen-bond donors (Lipinski definition) is 0. The SMILES string of the molecule is Cc1ccc(-c2nc(CN3CCCC[C@H]3c3cccc(F)c3)c(C)o2)o1. The Kier molecular flexibility index (Phi) is 4.64. The second-order valence-corrected chi connectivity index (χ2v) is 6.97. The van der Waals surface area contributed by atoms with Gasteiger partial charge >= 0.3 is 0 Å². The molecule has 0 N–H and O–H groups in total. The van der Waals surface area contributed by atoms with Crippen LogP contribution in [0.5, 0.6) is 0 Å². The molecule has 1 saturated heterocycles. The predicted octanol–water partition coefficient (Wildman–Crippen LogP) is 5.42. The van der Waals surface area contributed by atoms with Crippen molar-refractivity contribution < 1.29 is 13.2 Å². The normalized spacial score (nSPS) is 18.3. The zero-order valence-electron chi connectivity index (χ0n) is 15.2. The zero-order valence-corrected chi connectivity index (χ0v) is 15.2. The van der Waals surface area contributed by atoms with Gasteiger partial charge in [-0.15, -0.1) is 0 Å². The van der Waals surface area contributed by atoms with Crippen molar-refractivity contribution in [3.63, 3.8) is 0 Å². The monoisotopic (exact) mass is 354 g/mol. The quantitative estimate of drug-likeness (QED) is 0.627. The van der Waals surface area contributed by atoms with Gasteiger partial charge in [0, 0.05) is 12.6 Å². The third-order valence-electron chi connectivity index (χ3n) is 5.04. The molecule has 1 atom stereocenters. The van der Waals surface area contributed by atoms with Crippen molar-refractivity contribution in [3.05, 3.63) is 65.0 Å². The molecular weight excluding hydrogens is 331 g/mol. The summed E-state index contributed by atoms with van der Waals surface area (Å²) < 4.78 is 25.1. The molecule has 0 bridgehead atoms. The highest BCUT2D eigenvalue weighted by Gasteiger charge is 2.26. The van der Waals surface area contributed by atoms with E-state index in [0.29, 0.717) is 18.2 Å². The first-order chi connectivity index (χ1) is 12.6. The van der Waals surface area contributed by atoms with Crippen LogP contribution in [0.25, 0.3) is 11.7 Å². The van der Waals surface area contributed by atoms with Crippen molar-refractivity contribution in [3.8, 4) is 11.7 Å². The van der Waals surface area contributed by atoms with Gasteiger partial charge in [0.15, 0.2) is 5.76 Å². The van der Waals surface area contributed by atoms with Crippen LogP contribution in [-0.4, -0.2) is 16.4 Å². The van der Waals surface area contributed by atoms with Crippen LogP contribution in [0.4, 0.5) is 4.39 Å². The van der Waals surface area contributed by atoms with Crippen molar-refractivity contribution >= 4 is 0 Å². The molecule has 136 valence electrons. The highest BCUT2D eigenvalue weighted by Crippen LogP contribution is 2.33. The maximum atomic E-state index is 13.7. The van der Waals surface area contributed by atoms with Gasteiger partial charge in [-0.3, -0.25) is 4.90 Å². The van der Waals surface area contributed by atoms with Gasteiger partial charge in [-0.05, 0) is 63.1 Å². The van der Waals surface area contributed by atoms with E-state index >= 15 is 0 Å². The Morgan fingerprint density at radius 3 is 2.81 bits per heavy atom. The lowest BCUT2D eigenvalue weighted by molar-refractivity contribution is 0.138. The third-order valence-corrected chi connectivity index (χ3v) is 5.04. The number of nitrogens with zero attached hydrogens (tertiary/aromatic N) is 2. The van der Waals surface area contributed by atoms with Crippen molar-refractivity contribution in [1.29, 1.82) is 0 Å². The first-order valence-corrected chi connectivity index (χ1v) is 9.13. The highest BCUT2D eigenvalue weighted by atomic mass is 19.1. The molecule has 0 aliphatic carbocycles. The Bertz CT molecular complexity index is 899. The van der Waals surface area contributed by atoms with Gasteiger partial charge in [0.25, 0.3) is 5.89 Å². The molecule has 3 aromatic rings. The van der Waals surface area contributed by atoms with Gasteiger partial charge < -0.3 is 8.83 Å². The van der Waals surface area contributed by atoms with E-state index in [9.17, 15) is 4.39 Å². The Morgan fingerprint density at radius 1 is 1.15 bits per heavy atom. The summed E-state index contributed by atoms with van der Waals surface area (Å²) in [6.07, 6.45) is 3.34. The number of hydrogen-bond acceptors (Lipinski definition) is 4. The fourth-order valence-corrected chi connectivity index (χ4v) is 3.69. The van der Waals surface area contributed by atoms with Gasteiger partial charge in [0.2, 0.25) is 0 Å². The summed E-state index contributed by atoms with van der Waals surface area (Å²) in [4.78, 5) is 7.03. The average molecular weight is 354 g/mol. The first-order valence-electron chi connectivity index (χ1n) is 9.13. The van der Waals surface area contributed by atoms with Crippen LogP contribution in [0.2, 0.25) is 0 Å². The maximum Gasteiger partial charge on any atom is 0.263 e. The van der Waals surface area contributed by atoms with Crippen molar-refractivity contribution in [1.82, 2.24) is 9.88 Å². The molecular formula is C21H23FN2O2. The standard InChI is InChI=1S/C21H23FN2O2/c1-14-9-10-20(25-14)21-23-18(15(2)26-21)13-24-11-4-3-8-19(24)16-6-5-7-17(22)12-16/h5-7,9-10,12,19H,3-4,8,11,13H2,1-2H3/t19-/m0/s1. The van der Waals surface area contributed by atoms with Crippen LogP contribution in [0, 0.1) is 19.7 Å². The zero-order chi connectivity index (χ0) is 18.1. The molecule has 1 aromatic carbocycles. The average Bonchev–Trinajstić information content (AvgIpc) is 3.22. The number of oxazole rings is 1. The minimum Gasteiger partial charge on any atom is -0.456 e. The number of aromatic nitrogens is 1. The second kappa shape index (κ2) is 7.08. The number of benzene rings is 1. The lowest BCUT2D eigenvalue weighted by Crippen LogP contribution is -2.33. The van der Waals surface area contributed by atoms with E-state index in [-0.39, 0.29) is 11.9 Å². The van der Waals surface area contributed by atoms with E-state index in [1.165, 1.54) is 6.07 Å². The summed E-state index contributed by atoms with van der Waals surface area (Å²) in [5.41, 5.74) is 1.95. The molecule has 26 heavy (non-hydrogen) atoms. The molecule has 5 heteroatoms. The molecule has 1 aliphatic rings. The Hall–Kier alpha value is -2.40. The first kappa shape index (κ1) is 17.0. The Morgan fingerprint density at radius 2 is 2.04 bits per heavy atom. The number of halogens is 1. The van der Waals surface area contributed by atoms with Crippen LogP contribution in [0.1, 0.15) is 48.1 Å². The highest BCUT2D eigenvalue weighted by molar-refractivity contribution is 5.45. The lowest BCUT2D eigenvalue weighted by atomic mass is 9.95. The van der Waals surface area contributed by atoms with Gasteiger partial charge in [-0.25, -0.2) is 9.37 Å². The summed E-state index contributed by atoms with van der Waals surface area (Å²) in [5, 5.41) is 0. The molecule has 0 spiro atoms. The van der Waals surface area contributed by atoms with Crippen molar-refractivity contribution in [2.45, 2.75) is 45.7 Å². The summed E-state index contributed by atoms with van der Waals surface area (Å²) in [6, 6.07) is 10.9. The lowest BCUT2D eigenvalue weighted by Gasteiger charge is -2.35.